The van der Waals surface area contributed by atoms with Crippen molar-refractivity contribution in [2.24, 2.45) is 5.92 Å². The molecule has 1 fully saturated rings. The summed E-state index contributed by atoms with van der Waals surface area (Å²) in [6.07, 6.45) is 2.89. The second kappa shape index (κ2) is 7.25. The molecular formula is C13H28N2O. The van der Waals surface area contributed by atoms with Crippen LogP contribution in [0.15, 0.2) is 0 Å². The zero-order chi connectivity index (χ0) is 12.0. The largest absolute Gasteiger partial charge is 0.378 e. The second-order valence-corrected chi connectivity index (χ2v) is 5.06. The highest BCUT2D eigenvalue weighted by atomic mass is 16.5. The van der Waals surface area contributed by atoms with Crippen molar-refractivity contribution in [2.75, 3.05) is 33.3 Å². The molecule has 1 unspecified atom stereocenters. The monoisotopic (exact) mass is 228 g/mol. The van der Waals surface area contributed by atoms with E-state index in [1.54, 1.807) is 0 Å². The predicted molar refractivity (Wildman–Crippen MR) is 68.8 cm³/mol. The van der Waals surface area contributed by atoms with E-state index >= 15 is 0 Å². The first-order valence-corrected chi connectivity index (χ1v) is 6.69. The molecule has 0 saturated carbocycles. The van der Waals surface area contributed by atoms with E-state index in [-0.39, 0.29) is 0 Å². The molecule has 1 aliphatic heterocycles. The molecule has 0 aromatic rings. The Labute approximate surface area is 101 Å². The maximum absolute atomic E-state index is 5.69. The molecule has 1 rings (SSSR count). The average molecular weight is 228 g/mol. The number of ether oxygens (including phenoxy) is 1. The van der Waals surface area contributed by atoms with Crippen LogP contribution in [-0.4, -0.2) is 50.3 Å². The summed E-state index contributed by atoms with van der Waals surface area (Å²) in [5.41, 5.74) is 0. The zero-order valence-electron chi connectivity index (χ0n) is 11.3. The fraction of sp³-hybridized carbons (Fsp3) is 1.00. The van der Waals surface area contributed by atoms with Gasteiger partial charge < -0.3 is 10.1 Å². The van der Waals surface area contributed by atoms with Gasteiger partial charge in [0.25, 0.3) is 0 Å². The average Bonchev–Trinajstić information content (AvgIpc) is 2.27. The molecule has 0 bridgehead atoms. The number of likely N-dealkylation sites (N-methyl/N-ethyl adjacent to an activating group) is 1. The Bertz CT molecular complexity index is 177. The Morgan fingerprint density at radius 2 is 1.94 bits per heavy atom. The van der Waals surface area contributed by atoms with Gasteiger partial charge in [-0.3, -0.25) is 4.90 Å². The number of nitrogens with one attached hydrogen (secondary N) is 1. The van der Waals surface area contributed by atoms with Crippen LogP contribution in [0.2, 0.25) is 0 Å². The Hall–Kier alpha value is -0.120. The van der Waals surface area contributed by atoms with E-state index < -0.39 is 0 Å². The molecule has 3 heteroatoms. The molecule has 0 spiro atoms. The fourth-order valence-electron chi connectivity index (χ4n) is 2.61. The van der Waals surface area contributed by atoms with Crippen LogP contribution in [0.1, 0.15) is 33.6 Å². The lowest BCUT2D eigenvalue weighted by molar-refractivity contribution is -0.00132. The van der Waals surface area contributed by atoms with Crippen LogP contribution in [0.3, 0.4) is 0 Å². The van der Waals surface area contributed by atoms with Gasteiger partial charge in [-0.1, -0.05) is 13.8 Å². The second-order valence-electron chi connectivity index (χ2n) is 5.06. The minimum absolute atomic E-state index is 0.503. The lowest BCUT2D eigenvalue weighted by atomic mass is 9.98. The van der Waals surface area contributed by atoms with E-state index in [1.807, 2.05) is 7.05 Å². The molecule has 96 valence electrons. The molecular weight excluding hydrogens is 200 g/mol. The SMILES string of the molecule is CCOC1CCN(C(CNC)C(C)C)CC1. The highest BCUT2D eigenvalue weighted by Crippen LogP contribution is 2.19. The Balaban J connectivity index is 2.38. The summed E-state index contributed by atoms with van der Waals surface area (Å²) in [5, 5.41) is 3.31. The number of rotatable bonds is 6. The minimum Gasteiger partial charge on any atom is -0.378 e. The Morgan fingerprint density at radius 1 is 1.31 bits per heavy atom. The third kappa shape index (κ3) is 4.04. The van der Waals surface area contributed by atoms with Crippen LogP contribution in [0.5, 0.6) is 0 Å². The van der Waals surface area contributed by atoms with Crippen LogP contribution in [-0.2, 0) is 4.74 Å². The quantitative estimate of drug-likeness (QED) is 0.749. The molecule has 0 aromatic heterocycles. The smallest absolute Gasteiger partial charge is 0.0599 e. The number of likely N-dealkylation sites (tertiary alicyclic amines) is 1. The lowest BCUT2D eigenvalue weighted by Gasteiger charge is -2.39. The first-order chi connectivity index (χ1) is 7.69. The molecule has 1 N–H and O–H groups in total. The normalized spacial score (nSPS) is 21.6. The lowest BCUT2D eigenvalue weighted by Crippen LogP contribution is -2.49. The van der Waals surface area contributed by atoms with Gasteiger partial charge in [0.05, 0.1) is 6.10 Å². The summed E-state index contributed by atoms with van der Waals surface area (Å²) in [6, 6.07) is 0.674. The number of hydrogen-bond donors (Lipinski definition) is 1. The zero-order valence-corrected chi connectivity index (χ0v) is 11.3. The van der Waals surface area contributed by atoms with Crippen molar-refractivity contribution < 1.29 is 4.74 Å². The van der Waals surface area contributed by atoms with E-state index in [9.17, 15) is 0 Å². The maximum atomic E-state index is 5.69. The molecule has 1 aliphatic rings. The standard InChI is InChI=1S/C13H28N2O/c1-5-16-12-6-8-15(9-7-12)13(10-14-4)11(2)3/h11-14H,5-10H2,1-4H3. The molecule has 16 heavy (non-hydrogen) atoms. The molecule has 1 atom stereocenters. The van der Waals surface area contributed by atoms with Crippen LogP contribution < -0.4 is 5.32 Å². The topological polar surface area (TPSA) is 24.5 Å². The third-order valence-electron chi connectivity index (χ3n) is 3.53. The van der Waals surface area contributed by atoms with Gasteiger partial charge in [0, 0.05) is 32.3 Å². The van der Waals surface area contributed by atoms with Gasteiger partial charge in [-0.15, -0.1) is 0 Å². The Morgan fingerprint density at radius 3 is 2.38 bits per heavy atom. The first kappa shape index (κ1) is 13.9. The first-order valence-electron chi connectivity index (χ1n) is 6.69. The van der Waals surface area contributed by atoms with Gasteiger partial charge >= 0.3 is 0 Å². The van der Waals surface area contributed by atoms with E-state index in [0.717, 1.165) is 19.1 Å². The van der Waals surface area contributed by atoms with Gasteiger partial charge in [0.2, 0.25) is 0 Å². The van der Waals surface area contributed by atoms with Crippen LogP contribution in [0.25, 0.3) is 0 Å². The van der Waals surface area contributed by atoms with Crippen LogP contribution in [0.4, 0.5) is 0 Å². The molecule has 1 saturated heterocycles. The van der Waals surface area contributed by atoms with Crippen molar-refractivity contribution in [3.8, 4) is 0 Å². The summed E-state index contributed by atoms with van der Waals surface area (Å²) < 4.78 is 5.69. The minimum atomic E-state index is 0.503. The van der Waals surface area contributed by atoms with Crippen molar-refractivity contribution in [2.45, 2.75) is 45.8 Å². The number of hydrogen-bond acceptors (Lipinski definition) is 3. The van der Waals surface area contributed by atoms with E-state index in [2.05, 4.69) is 31.0 Å². The van der Waals surface area contributed by atoms with Gasteiger partial charge in [-0.25, -0.2) is 0 Å². The van der Waals surface area contributed by atoms with Gasteiger partial charge in [-0.05, 0) is 32.7 Å². The molecule has 1 heterocycles. The van der Waals surface area contributed by atoms with Crippen molar-refractivity contribution in [1.29, 1.82) is 0 Å². The molecule has 0 amide bonds. The third-order valence-corrected chi connectivity index (χ3v) is 3.53. The maximum Gasteiger partial charge on any atom is 0.0599 e. The van der Waals surface area contributed by atoms with E-state index in [4.69, 9.17) is 4.74 Å². The fourth-order valence-corrected chi connectivity index (χ4v) is 2.61. The highest BCUT2D eigenvalue weighted by Gasteiger charge is 2.26. The molecule has 3 nitrogen and oxygen atoms in total. The van der Waals surface area contributed by atoms with Gasteiger partial charge in [0.1, 0.15) is 0 Å². The van der Waals surface area contributed by atoms with Crippen molar-refractivity contribution in [3.05, 3.63) is 0 Å². The van der Waals surface area contributed by atoms with Crippen molar-refractivity contribution >= 4 is 0 Å². The van der Waals surface area contributed by atoms with Gasteiger partial charge in [0.15, 0.2) is 0 Å². The van der Waals surface area contributed by atoms with E-state index in [1.165, 1.54) is 25.9 Å². The van der Waals surface area contributed by atoms with Gasteiger partial charge in [-0.2, -0.15) is 0 Å². The summed E-state index contributed by atoms with van der Waals surface area (Å²) in [7, 11) is 2.04. The van der Waals surface area contributed by atoms with Crippen molar-refractivity contribution in [1.82, 2.24) is 10.2 Å². The highest BCUT2D eigenvalue weighted by molar-refractivity contribution is 4.81. The number of piperidine rings is 1. The Kier molecular flexibility index (Phi) is 6.32. The summed E-state index contributed by atoms with van der Waals surface area (Å²) in [6.45, 7) is 11.0. The van der Waals surface area contributed by atoms with E-state index in [0.29, 0.717) is 12.1 Å². The summed E-state index contributed by atoms with van der Waals surface area (Å²) in [5.74, 6) is 0.719. The van der Waals surface area contributed by atoms with Crippen LogP contribution in [0, 0.1) is 5.92 Å². The molecule has 0 aromatic carbocycles. The molecule has 0 radical (unpaired) electrons. The summed E-state index contributed by atoms with van der Waals surface area (Å²) >= 11 is 0. The summed E-state index contributed by atoms with van der Waals surface area (Å²) in [4.78, 5) is 2.62. The van der Waals surface area contributed by atoms with Crippen LogP contribution >= 0.6 is 0 Å². The number of nitrogens with zero attached hydrogens (tertiary/aromatic N) is 1. The molecule has 0 aliphatic carbocycles. The predicted octanol–water partition coefficient (Wildman–Crippen LogP) is 1.73. The van der Waals surface area contributed by atoms with Crippen molar-refractivity contribution in [3.63, 3.8) is 0 Å².